The minimum absolute atomic E-state index is 0.147. The van der Waals surface area contributed by atoms with Crippen LogP contribution in [-0.2, 0) is 14.8 Å². The van der Waals surface area contributed by atoms with Crippen molar-refractivity contribution in [1.29, 1.82) is 0 Å². The second-order valence-corrected chi connectivity index (χ2v) is 8.87. The molecule has 1 atom stereocenters. The summed E-state index contributed by atoms with van der Waals surface area (Å²) in [5.74, 6) is 0.270. The van der Waals surface area contributed by atoms with Crippen LogP contribution < -0.4 is 0 Å². The molecule has 25 heavy (non-hydrogen) atoms. The first-order chi connectivity index (χ1) is 12.0. The number of nitrogens with zero attached hydrogens (tertiary/aromatic N) is 1. The van der Waals surface area contributed by atoms with Crippen LogP contribution in [0.15, 0.2) is 52.0 Å². The number of carbonyl (C=O) groups is 1. The largest absolute Gasteiger partial charge is 0.467 e. The van der Waals surface area contributed by atoms with Crippen LogP contribution >= 0.6 is 0 Å². The molecule has 1 aromatic carbocycles. The Morgan fingerprint density at radius 3 is 2.36 bits per heavy atom. The predicted octanol–water partition coefficient (Wildman–Crippen LogP) is 3.81. The van der Waals surface area contributed by atoms with E-state index in [1.807, 2.05) is 6.92 Å². The molecule has 2 heterocycles. The summed E-state index contributed by atoms with van der Waals surface area (Å²) in [5.41, 5.74) is 0.341. The van der Waals surface area contributed by atoms with Gasteiger partial charge in [-0.15, -0.1) is 0 Å². The first kappa shape index (κ1) is 16.4. The highest BCUT2D eigenvalue weighted by Gasteiger charge is 2.65. The molecule has 2 fully saturated rings. The Morgan fingerprint density at radius 1 is 1.08 bits per heavy atom. The Morgan fingerprint density at radius 2 is 1.76 bits per heavy atom. The van der Waals surface area contributed by atoms with Crippen LogP contribution in [0.25, 0.3) is 0 Å². The molecule has 0 N–H and O–H groups in total. The van der Waals surface area contributed by atoms with E-state index in [-0.39, 0.29) is 10.8 Å². The maximum Gasteiger partial charge on any atom is 0.267 e. The fourth-order valence-corrected chi connectivity index (χ4v) is 5.88. The number of rotatable bonds is 3. The Bertz CT molecular complexity index is 878. The molecule has 1 amide bonds. The second-order valence-electron chi connectivity index (χ2n) is 7.05. The van der Waals surface area contributed by atoms with Crippen LogP contribution in [0.1, 0.15) is 49.5 Å². The van der Waals surface area contributed by atoms with E-state index in [2.05, 4.69) is 0 Å². The van der Waals surface area contributed by atoms with Crippen LogP contribution in [0.4, 0.5) is 0 Å². The molecule has 1 saturated carbocycles. The Hall–Kier alpha value is -2.08. The Labute approximate surface area is 147 Å². The normalized spacial score (nSPS) is 22.8. The number of furan rings is 1. The van der Waals surface area contributed by atoms with Crippen molar-refractivity contribution < 1.29 is 17.6 Å². The maximum absolute atomic E-state index is 13.1. The summed E-state index contributed by atoms with van der Waals surface area (Å²) in [6, 6.07) is 9.58. The molecule has 6 heteroatoms. The van der Waals surface area contributed by atoms with Crippen LogP contribution in [-0.4, -0.2) is 18.6 Å². The van der Waals surface area contributed by atoms with Crippen molar-refractivity contribution in [2.24, 2.45) is 5.41 Å². The molecule has 4 rings (SSSR count). The third-order valence-electron chi connectivity index (χ3n) is 5.52. The van der Waals surface area contributed by atoms with E-state index in [9.17, 15) is 13.2 Å². The van der Waals surface area contributed by atoms with Gasteiger partial charge in [-0.2, -0.15) is 0 Å². The van der Waals surface area contributed by atoms with Gasteiger partial charge < -0.3 is 4.42 Å². The number of amides is 1. The Kier molecular flexibility index (Phi) is 3.76. The highest BCUT2D eigenvalue weighted by Crippen LogP contribution is 2.59. The highest BCUT2D eigenvalue weighted by atomic mass is 32.2. The molecule has 0 radical (unpaired) electrons. The first-order valence-corrected chi connectivity index (χ1v) is 10.1. The van der Waals surface area contributed by atoms with Crippen molar-refractivity contribution in [1.82, 2.24) is 4.31 Å². The lowest BCUT2D eigenvalue weighted by Crippen LogP contribution is -2.65. The van der Waals surface area contributed by atoms with E-state index in [1.165, 1.54) is 6.26 Å². The molecule has 0 bridgehead atoms. The van der Waals surface area contributed by atoms with Crippen molar-refractivity contribution in [2.75, 3.05) is 0 Å². The number of hydrogen-bond acceptors (Lipinski definition) is 4. The van der Waals surface area contributed by atoms with E-state index in [0.717, 1.165) is 42.0 Å². The zero-order valence-corrected chi connectivity index (χ0v) is 15.0. The van der Waals surface area contributed by atoms with Crippen LogP contribution in [0.3, 0.4) is 0 Å². The number of sulfonamides is 1. The van der Waals surface area contributed by atoms with E-state index in [4.69, 9.17) is 4.42 Å². The summed E-state index contributed by atoms with van der Waals surface area (Å²) in [7, 11) is -3.89. The standard InChI is InChI=1S/C19H21NO4S/c1-14-7-9-15(10-8-14)25(22,23)20-17(16-6-5-13-24-16)19(18(20)21)11-3-2-4-12-19/h5-10,13,17H,2-4,11-12H2,1H3/t17-/m1/s1. The van der Waals surface area contributed by atoms with Crippen molar-refractivity contribution in [2.45, 2.75) is 50.0 Å². The first-order valence-electron chi connectivity index (χ1n) is 8.66. The number of hydrogen-bond donors (Lipinski definition) is 0. The summed E-state index contributed by atoms with van der Waals surface area (Å²) in [4.78, 5) is 13.2. The fraction of sp³-hybridized carbons (Fsp3) is 0.421. The molecule has 1 aliphatic carbocycles. The number of aryl methyl sites for hydroxylation is 1. The van der Waals surface area contributed by atoms with E-state index in [0.29, 0.717) is 5.76 Å². The van der Waals surface area contributed by atoms with Gasteiger partial charge >= 0.3 is 0 Å². The van der Waals surface area contributed by atoms with E-state index >= 15 is 0 Å². The number of carbonyl (C=O) groups excluding carboxylic acids is 1. The zero-order valence-electron chi connectivity index (χ0n) is 14.1. The van der Waals surface area contributed by atoms with Gasteiger partial charge in [0.25, 0.3) is 10.0 Å². The van der Waals surface area contributed by atoms with Gasteiger partial charge in [0, 0.05) is 0 Å². The van der Waals surface area contributed by atoms with Crippen molar-refractivity contribution >= 4 is 15.9 Å². The minimum Gasteiger partial charge on any atom is -0.467 e. The number of benzene rings is 1. The number of β-lactam (4-membered cyclic amide) rings is 1. The average Bonchev–Trinajstić information content (AvgIpc) is 3.13. The Balaban J connectivity index is 1.78. The van der Waals surface area contributed by atoms with Gasteiger partial charge in [-0.1, -0.05) is 37.0 Å². The van der Waals surface area contributed by atoms with Gasteiger partial charge in [0.15, 0.2) is 0 Å². The van der Waals surface area contributed by atoms with Gasteiger partial charge in [0.05, 0.1) is 16.6 Å². The molecule has 1 spiro atoms. The minimum atomic E-state index is -3.89. The lowest BCUT2D eigenvalue weighted by Gasteiger charge is -2.55. The van der Waals surface area contributed by atoms with Crippen molar-refractivity contribution in [3.63, 3.8) is 0 Å². The van der Waals surface area contributed by atoms with Gasteiger partial charge in [-0.3, -0.25) is 4.79 Å². The van der Waals surface area contributed by atoms with Crippen LogP contribution in [0, 0.1) is 12.3 Å². The lowest BCUT2D eigenvalue weighted by molar-refractivity contribution is -0.166. The molecule has 2 aromatic rings. The SMILES string of the molecule is Cc1ccc(S(=O)(=O)N2C(=O)C3(CCCCC3)[C@H]2c2ccco2)cc1. The zero-order chi connectivity index (χ0) is 17.7. The predicted molar refractivity (Wildman–Crippen MR) is 92.2 cm³/mol. The topological polar surface area (TPSA) is 67.6 Å². The highest BCUT2D eigenvalue weighted by molar-refractivity contribution is 7.89. The molecular formula is C19H21NO4S. The summed E-state index contributed by atoms with van der Waals surface area (Å²) >= 11 is 0. The van der Waals surface area contributed by atoms with Crippen molar-refractivity contribution in [3.8, 4) is 0 Å². The van der Waals surface area contributed by atoms with E-state index in [1.54, 1.807) is 36.4 Å². The van der Waals surface area contributed by atoms with Crippen LogP contribution in [0.5, 0.6) is 0 Å². The summed E-state index contributed by atoms with van der Waals surface area (Å²) in [6.07, 6.45) is 5.95. The van der Waals surface area contributed by atoms with Crippen molar-refractivity contribution in [3.05, 3.63) is 54.0 Å². The molecule has 5 nitrogen and oxygen atoms in total. The summed E-state index contributed by atoms with van der Waals surface area (Å²) in [5, 5.41) is 0. The third-order valence-corrected chi connectivity index (χ3v) is 7.28. The lowest BCUT2D eigenvalue weighted by atomic mass is 9.62. The van der Waals surface area contributed by atoms with Gasteiger partial charge in [0.2, 0.25) is 5.91 Å². The monoisotopic (exact) mass is 359 g/mol. The van der Waals surface area contributed by atoms with Gasteiger partial charge in [-0.25, -0.2) is 12.7 Å². The third kappa shape index (κ3) is 2.34. The fourth-order valence-electron chi connectivity index (χ4n) is 4.19. The maximum atomic E-state index is 13.1. The summed E-state index contributed by atoms with van der Waals surface area (Å²) in [6.45, 7) is 1.90. The van der Waals surface area contributed by atoms with Gasteiger partial charge in [0.1, 0.15) is 11.8 Å². The average molecular weight is 359 g/mol. The molecule has 1 saturated heterocycles. The summed E-state index contributed by atoms with van der Waals surface area (Å²) < 4.78 is 32.8. The van der Waals surface area contributed by atoms with Crippen LogP contribution in [0.2, 0.25) is 0 Å². The van der Waals surface area contributed by atoms with E-state index < -0.39 is 21.5 Å². The molecular weight excluding hydrogens is 338 g/mol. The molecule has 1 aromatic heterocycles. The second kappa shape index (κ2) is 5.73. The molecule has 132 valence electrons. The molecule has 2 aliphatic rings. The smallest absolute Gasteiger partial charge is 0.267 e. The molecule has 0 unspecified atom stereocenters. The van der Waals surface area contributed by atoms with Gasteiger partial charge in [-0.05, 0) is 44.0 Å². The molecule has 1 aliphatic heterocycles. The quantitative estimate of drug-likeness (QED) is 0.782.